The van der Waals surface area contributed by atoms with Crippen LogP contribution in [0.1, 0.15) is 71.2 Å². The molecule has 2 aromatic heterocycles. The minimum atomic E-state index is -1.08. The van der Waals surface area contributed by atoms with Crippen molar-refractivity contribution in [1.82, 2.24) is 19.9 Å². The summed E-state index contributed by atoms with van der Waals surface area (Å²) in [4.78, 5) is 48.2. The summed E-state index contributed by atoms with van der Waals surface area (Å²) in [5, 5.41) is 31.5. The van der Waals surface area contributed by atoms with E-state index in [1.807, 2.05) is 58.0 Å². The molecule has 5 aromatic rings. The Morgan fingerprint density at radius 2 is 1.16 bits per heavy atom. The second-order valence-corrected chi connectivity index (χ2v) is 11.6. The van der Waals surface area contributed by atoms with Crippen LogP contribution in [0.15, 0.2) is 122 Å². The maximum atomic E-state index is 11.4. The molecule has 5 rings (SSSR count). The molecule has 0 aliphatic carbocycles. The van der Waals surface area contributed by atoms with Gasteiger partial charge in [0.2, 0.25) is 0 Å². The molecule has 0 fully saturated rings. The van der Waals surface area contributed by atoms with Gasteiger partial charge in [-0.15, -0.1) is 0 Å². The number of aliphatic carboxylic acids is 1. The van der Waals surface area contributed by atoms with Crippen molar-refractivity contribution in [2.24, 2.45) is 5.73 Å². The van der Waals surface area contributed by atoms with Crippen LogP contribution in [0, 0.1) is 13.8 Å². The Morgan fingerprint density at radius 1 is 0.770 bits per heavy atom. The maximum absolute atomic E-state index is 11.4. The van der Waals surface area contributed by atoms with Crippen molar-refractivity contribution in [1.29, 1.82) is 0 Å². The number of aromatic nitrogens is 4. The number of amidine groups is 1. The summed E-state index contributed by atoms with van der Waals surface area (Å²) in [6.07, 6.45) is 10.5. The number of aliphatic hydroxyl groups is 1. The first kappa shape index (κ1) is 59.2. The Kier molecular flexibility index (Phi) is 33.7. The van der Waals surface area contributed by atoms with E-state index in [2.05, 4.69) is 36.0 Å². The monoisotopic (exact) mass is 848 g/mol. The zero-order chi connectivity index (χ0) is 44.8. The standard InChI is InChI=1S/C13H12N2O2.C12H12N2O.C9H10N2O2.C7H12O.C2H4O2.CH3O.CH4.Na/c1-9-7-14-12(15-8-9)10-4-3-5-11(6-10)13(16)17-2;1-9-6-13-12(14-7-9)11-4-2-3-10(5-11)8-15;1-13-9(12)7-4-2-3-6(5-7)8(10)11;1-4-7(3)6-8-5-2;1-2(3)4;1-2;;/h3-8H,1-2H3;2-7,15H,8H2,1H3;2-5H,1H3,(H3,10,11);4,6H,1,5H2,2-3H3;1H3,(H,3,4);1H3;1H4;/q;;;;;-1;;+1/b;;;7-6+;;;;. The molecule has 0 saturated heterocycles. The molecule has 16 heteroatoms. The molecule has 0 unspecified atom stereocenters. The Labute approximate surface area is 381 Å². The number of nitrogens with zero attached hydrogens (tertiary/aromatic N) is 4. The third-order valence-electron chi connectivity index (χ3n) is 6.85. The van der Waals surface area contributed by atoms with Gasteiger partial charge in [0, 0.05) is 41.9 Å². The number of allylic oxidation sites excluding steroid dienone is 2. The van der Waals surface area contributed by atoms with E-state index in [4.69, 9.17) is 36.0 Å². The van der Waals surface area contributed by atoms with Crippen LogP contribution in [-0.4, -0.2) is 76.7 Å². The molecule has 0 atom stereocenters. The predicted molar refractivity (Wildman–Crippen MR) is 229 cm³/mol. The van der Waals surface area contributed by atoms with Crippen molar-refractivity contribution >= 4 is 23.7 Å². The van der Waals surface area contributed by atoms with Crippen LogP contribution in [0.2, 0.25) is 0 Å². The minimum absolute atomic E-state index is 0. The predicted octanol–water partition coefficient (Wildman–Crippen LogP) is 0.606. The summed E-state index contributed by atoms with van der Waals surface area (Å²) < 4.78 is 14.2. The molecule has 0 amide bonds. The molecule has 0 saturated carbocycles. The number of carboxylic acids is 1. The average molecular weight is 849 g/mol. The Hall–Kier alpha value is -6.10. The van der Waals surface area contributed by atoms with Crippen molar-refractivity contribution in [2.75, 3.05) is 27.9 Å². The number of methoxy groups -OCH3 is 2. The summed E-state index contributed by atoms with van der Waals surface area (Å²) in [5.41, 5.74) is 12.6. The SMILES string of the molecule is C.C=C/C(C)=C/OCC.CC(=O)[O-].COC(=O)c1cccc(-c2ncc(C)cn2)c1.COC(=O)c1cccc(C(N)=[NH2+])c1.C[O-].Cc1cnc(-c2cccc(CO)c2)nc1.[Na+]. The first-order valence-electron chi connectivity index (χ1n) is 17.7. The van der Waals surface area contributed by atoms with Gasteiger partial charge in [-0.3, -0.25) is 11.1 Å². The van der Waals surface area contributed by atoms with Gasteiger partial charge in [0.25, 0.3) is 5.84 Å². The first-order valence-corrected chi connectivity index (χ1v) is 17.7. The van der Waals surface area contributed by atoms with Crippen molar-refractivity contribution in [3.8, 4) is 22.8 Å². The number of esters is 2. The van der Waals surface area contributed by atoms with E-state index in [0.717, 1.165) is 54.0 Å². The average Bonchev–Trinajstić information content (AvgIpc) is 3.26. The van der Waals surface area contributed by atoms with E-state index in [1.54, 1.807) is 79.6 Å². The van der Waals surface area contributed by atoms with Crippen LogP contribution < -0.4 is 50.9 Å². The minimum Gasteiger partial charge on any atom is -0.857 e. The summed E-state index contributed by atoms with van der Waals surface area (Å²) in [7, 11) is 3.43. The van der Waals surface area contributed by atoms with E-state index < -0.39 is 11.9 Å². The number of hydrogen-bond donors (Lipinski definition) is 3. The second-order valence-electron chi connectivity index (χ2n) is 11.6. The molecule has 0 bridgehead atoms. The van der Waals surface area contributed by atoms with E-state index in [0.29, 0.717) is 28.3 Å². The van der Waals surface area contributed by atoms with Crippen LogP contribution in [0.3, 0.4) is 0 Å². The second kappa shape index (κ2) is 34.7. The van der Waals surface area contributed by atoms with Gasteiger partial charge in [0.15, 0.2) is 11.6 Å². The molecule has 0 aliphatic heterocycles. The van der Waals surface area contributed by atoms with Crippen LogP contribution in [-0.2, 0) is 25.6 Å². The number of aryl methyl sites for hydroxylation is 2. The van der Waals surface area contributed by atoms with Gasteiger partial charge in [-0.1, -0.05) is 56.5 Å². The Morgan fingerprint density at radius 3 is 1.56 bits per heavy atom. The third-order valence-corrected chi connectivity index (χ3v) is 6.85. The topological polar surface area (TPSA) is 248 Å². The number of nitrogens with two attached hydrogens (primary N) is 2. The molecular formula is C45H57N6NaO9. The maximum Gasteiger partial charge on any atom is 1.00 e. The number of rotatable bonds is 9. The Balaban J connectivity index is -0.000000713. The van der Waals surface area contributed by atoms with Gasteiger partial charge < -0.3 is 34.3 Å². The molecule has 3 aromatic carbocycles. The molecule has 0 radical (unpaired) electrons. The summed E-state index contributed by atoms with van der Waals surface area (Å²) in [6, 6.07) is 21.3. The molecular weight excluding hydrogens is 792 g/mol. The van der Waals surface area contributed by atoms with Crippen LogP contribution >= 0.6 is 0 Å². The van der Waals surface area contributed by atoms with E-state index in [1.165, 1.54) is 14.2 Å². The van der Waals surface area contributed by atoms with Gasteiger partial charge >= 0.3 is 41.5 Å². The number of aliphatic hydroxyl groups excluding tert-OH is 1. The number of benzene rings is 3. The van der Waals surface area contributed by atoms with E-state index in [9.17, 15) is 9.59 Å². The van der Waals surface area contributed by atoms with Gasteiger partial charge in [-0.2, -0.15) is 7.11 Å². The summed E-state index contributed by atoms with van der Waals surface area (Å²) in [5.74, 6) is -0.370. The summed E-state index contributed by atoms with van der Waals surface area (Å²) >= 11 is 0. The number of carbonyl (C=O) groups excluding carboxylic acids is 3. The molecule has 2 heterocycles. The van der Waals surface area contributed by atoms with Crippen molar-refractivity contribution in [3.05, 3.63) is 155 Å². The van der Waals surface area contributed by atoms with Crippen LogP contribution in [0.4, 0.5) is 0 Å². The number of ether oxygens (including phenoxy) is 3. The molecule has 61 heavy (non-hydrogen) atoms. The third kappa shape index (κ3) is 25.2. The Bertz CT molecular complexity index is 2070. The molecule has 15 nitrogen and oxygen atoms in total. The largest absolute Gasteiger partial charge is 1.00 e. The van der Waals surface area contributed by atoms with Crippen molar-refractivity contribution in [2.45, 2.75) is 48.7 Å². The zero-order valence-electron chi connectivity index (χ0n) is 35.7. The smallest absolute Gasteiger partial charge is 0.857 e. The van der Waals surface area contributed by atoms with Gasteiger partial charge in [-0.05, 0) is 93.3 Å². The van der Waals surface area contributed by atoms with E-state index in [-0.39, 0.29) is 55.4 Å². The fraction of sp³-hybridized carbons (Fsp3) is 0.244. The normalized spacial score (nSPS) is 9.25. The number of hydrogen-bond acceptors (Lipinski definition) is 13. The van der Waals surface area contributed by atoms with Crippen LogP contribution in [0.5, 0.6) is 0 Å². The molecule has 322 valence electrons. The fourth-order valence-electron chi connectivity index (χ4n) is 4.00. The van der Waals surface area contributed by atoms with Crippen molar-refractivity contribution < 1.29 is 78.9 Å². The van der Waals surface area contributed by atoms with Crippen LogP contribution in [0.25, 0.3) is 22.8 Å². The quantitative estimate of drug-likeness (QED) is 0.0460. The van der Waals surface area contributed by atoms with Crippen molar-refractivity contribution in [3.63, 3.8) is 0 Å². The zero-order valence-corrected chi connectivity index (χ0v) is 37.7. The fourth-order valence-corrected chi connectivity index (χ4v) is 4.00. The molecule has 0 spiro atoms. The van der Waals surface area contributed by atoms with Gasteiger partial charge in [0.1, 0.15) is 0 Å². The number of carboxylic acid groups (broad SMARTS) is 1. The van der Waals surface area contributed by atoms with Gasteiger partial charge in [-0.25, -0.2) is 29.5 Å². The first-order chi connectivity index (χ1) is 28.2. The van der Waals surface area contributed by atoms with E-state index >= 15 is 0 Å². The van der Waals surface area contributed by atoms with Gasteiger partial charge in [0.05, 0.1) is 50.4 Å². The number of carbonyl (C=O) groups is 3. The summed E-state index contributed by atoms with van der Waals surface area (Å²) in [6.45, 7) is 13.1. The molecule has 0 aliphatic rings. The molecule has 5 N–H and O–H groups in total.